The molecule has 1 aliphatic rings. The standard InChI is InChI=1S/C26H34Cl2N4O4S/c1-5-37(35)23-7-6-19(27)12-17(23)15-30-24(33)20-14-21(28)18(13-22(20)29)16-31-8-10-32(11-9-31)25(34)36-26(2,3)4/h6-7,12-14H,5,8-11,15-16,29H2,1-4H3,(H,30,33). The van der Waals surface area contributed by atoms with Gasteiger partial charge in [0.15, 0.2) is 0 Å². The molecule has 0 radical (unpaired) electrons. The fourth-order valence-electron chi connectivity index (χ4n) is 3.95. The average molecular weight is 570 g/mol. The van der Waals surface area contributed by atoms with Gasteiger partial charge in [0.2, 0.25) is 0 Å². The number of rotatable bonds is 7. The molecule has 2 aromatic carbocycles. The van der Waals surface area contributed by atoms with Crippen LogP contribution in [0.1, 0.15) is 49.2 Å². The van der Waals surface area contributed by atoms with Crippen LogP contribution >= 0.6 is 23.2 Å². The van der Waals surface area contributed by atoms with E-state index in [9.17, 15) is 13.8 Å². The van der Waals surface area contributed by atoms with E-state index in [0.29, 0.717) is 64.7 Å². The van der Waals surface area contributed by atoms with Crippen molar-refractivity contribution in [3.8, 4) is 0 Å². The Bertz CT molecular complexity index is 1180. The van der Waals surface area contributed by atoms with E-state index in [1.165, 1.54) is 0 Å². The lowest BCUT2D eigenvalue weighted by Crippen LogP contribution is -2.49. The van der Waals surface area contributed by atoms with Gasteiger partial charge in [0.05, 0.1) is 16.4 Å². The molecule has 0 aliphatic carbocycles. The topological polar surface area (TPSA) is 105 Å². The lowest BCUT2D eigenvalue weighted by atomic mass is 10.1. The molecule has 3 N–H and O–H groups in total. The molecule has 0 bridgehead atoms. The van der Waals surface area contributed by atoms with Crippen LogP contribution in [-0.4, -0.2) is 63.5 Å². The monoisotopic (exact) mass is 568 g/mol. The molecule has 1 heterocycles. The predicted octanol–water partition coefficient (Wildman–Crippen LogP) is 4.69. The number of nitrogens with zero attached hydrogens (tertiary/aromatic N) is 2. The van der Waals surface area contributed by atoms with Crippen molar-refractivity contribution in [2.75, 3.05) is 37.7 Å². The van der Waals surface area contributed by atoms with Crippen molar-refractivity contribution >= 4 is 51.7 Å². The zero-order chi connectivity index (χ0) is 27.3. The normalized spacial score (nSPS) is 15.4. The van der Waals surface area contributed by atoms with Gasteiger partial charge in [0.1, 0.15) is 5.60 Å². The van der Waals surface area contributed by atoms with Crippen LogP contribution in [0.4, 0.5) is 10.5 Å². The molecule has 1 unspecified atom stereocenters. The van der Waals surface area contributed by atoms with Crippen molar-refractivity contribution in [2.24, 2.45) is 0 Å². The molecule has 1 saturated heterocycles. The Morgan fingerprint density at radius 2 is 1.76 bits per heavy atom. The van der Waals surface area contributed by atoms with Gasteiger partial charge in [-0.25, -0.2) is 4.79 Å². The Labute approximate surface area is 230 Å². The highest BCUT2D eigenvalue weighted by molar-refractivity contribution is 7.85. The van der Waals surface area contributed by atoms with E-state index >= 15 is 0 Å². The second kappa shape index (κ2) is 12.5. The number of carbonyl (C=O) groups is 2. The molecule has 0 spiro atoms. The summed E-state index contributed by atoms with van der Waals surface area (Å²) in [4.78, 5) is 29.7. The van der Waals surface area contributed by atoms with Crippen LogP contribution in [0.3, 0.4) is 0 Å². The predicted molar refractivity (Wildman–Crippen MR) is 149 cm³/mol. The van der Waals surface area contributed by atoms with Crippen LogP contribution < -0.4 is 11.1 Å². The second-order valence-corrected chi connectivity index (χ2v) is 12.4. The first-order valence-electron chi connectivity index (χ1n) is 12.1. The van der Waals surface area contributed by atoms with Crippen molar-refractivity contribution in [1.82, 2.24) is 15.1 Å². The number of benzene rings is 2. The maximum absolute atomic E-state index is 12.9. The number of piperazine rings is 1. The number of amides is 2. The number of halogens is 2. The van der Waals surface area contributed by atoms with Crippen molar-refractivity contribution < 1.29 is 18.5 Å². The van der Waals surface area contributed by atoms with Gasteiger partial charge in [-0.3, -0.25) is 13.9 Å². The smallest absolute Gasteiger partial charge is 0.410 e. The maximum atomic E-state index is 12.9. The Morgan fingerprint density at radius 1 is 1.08 bits per heavy atom. The molecule has 2 aromatic rings. The highest BCUT2D eigenvalue weighted by Crippen LogP contribution is 2.26. The van der Waals surface area contributed by atoms with Crippen LogP contribution in [0.5, 0.6) is 0 Å². The van der Waals surface area contributed by atoms with Crippen LogP contribution in [0.15, 0.2) is 35.2 Å². The van der Waals surface area contributed by atoms with Gasteiger partial charge in [-0.2, -0.15) is 0 Å². The Hall–Kier alpha value is -2.33. The number of nitrogens with two attached hydrogens (primary N) is 1. The average Bonchev–Trinajstić information content (AvgIpc) is 2.83. The van der Waals surface area contributed by atoms with Gasteiger partial charge in [-0.15, -0.1) is 0 Å². The van der Waals surface area contributed by atoms with E-state index in [0.717, 1.165) is 5.56 Å². The first-order valence-corrected chi connectivity index (χ1v) is 14.2. The lowest BCUT2D eigenvalue weighted by Gasteiger charge is -2.35. The van der Waals surface area contributed by atoms with E-state index in [1.807, 2.05) is 27.7 Å². The molecule has 2 amide bonds. The molecule has 202 valence electrons. The Kier molecular flexibility index (Phi) is 9.86. The summed E-state index contributed by atoms with van der Waals surface area (Å²) in [6.07, 6.45) is -0.310. The third-order valence-electron chi connectivity index (χ3n) is 5.85. The number of ether oxygens (including phenoxy) is 1. The van der Waals surface area contributed by atoms with Gasteiger partial charge in [0, 0.05) is 65.6 Å². The first-order chi connectivity index (χ1) is 17.4. The third-order valence-corrected chi connectivity index (χ3v) is 7.85. The summed E-state index contributed by atoms with van der Waals surface area (Å²) in [5.74, 6) is 0.0768. The number of hydrogen-bond donors (Lipinski definition) is 2. The van der Waals surface area contributed by atoms with Gasteiger partial charge < -0.3 is 20.7 Å². The van der Waals surface area contributed by atoms with Gasteiger partial charge in [0.25, 0.3) is 5.91 Å². The number of carbonyl (C=O) groups excluding carboxylic acids is 2. The van der Waals surface area contributed by atoms with E-state index < -0.39 is 16.4 Å². The van der Waals surface area contributed by atoms with Gasteiger partial charge in [-0.1, -0.05) is 30.1 Å². The van der Waals surface area contributed by atoms with Crippen LogP contribution in [0.2, 0.25) is 10.0 Å². The number of hydrogen-bond acceptors (Lipinski definition) is 6. The third kappa shape index (κ3) is 8.07. The Morgan fingerprint density at radius 3 is 2.38 bits per heavy atom. The minimum Gasteiger partial charge on any atom is -0.444 e. The molecule has 11 heteroatoms. The number of anilines is 1. The summed E-state index contributed by atoms with van der Waals surface area (Å²) in [5, 5.41) is 3.77. The lowest BCUT2D eigenvalue weighted by molar-refractivity contribution is 0.0139. The first kappa shape index (κ1) is 29.2. The molecule has 1 fully saturated rings. The van der Waals surface area contributed by atoms with E-state index in [4.69, 9.17) is 33.7 Å². The molecule has 1 atom stereocenters. The van der Waals surface area contributed by atoms with E-state index in [2.05, 4.69) is 10.2 Å². The van der Waals surface area contributed by atoms with Crippen molar-refractivity contribution in [3.05, 3.63) is 57.1 Å². The van der Waals surface area contributed by atoms with Crippen molar-refractivity contribution in [1.29, 1.82) is 0 Å². The van der Waals surface area contributed by atoms with Gasteiger partial charge in [-0.05, 0) is 62.2 Å². The van der Waals surface area contributed by atoms with E-state index in [-0.39, 0.29) is 24.1 Å². The van der Waals surface area contributed by atoms with E-state index in [1.54, 1.807) is 35.2 Å². The fraction of sp³-hybridized carbons (Fsp3) is 0.462. The van der Waals surface area contributed by atoms with Crippen molar-refractivity contribution in [2.45, 2.75) is 51.3 Å². The summed E-state index contributed by atoms with van der Waals surface area (Å²) < 4.78 is 17.8. The summed E-state index contributed by atoms with van der Waals surface area (Å²) in [5.41, 5.74) is 7.77. The van der Waals surface area contributed by atoms with Crippen molar-refractivity contribution in [3.63, 3.8) is 0 Å². The molecule has 8 nitrogen and oxygen atoms in total. The number of nitrogen functional groups attached to an aromatic ring is 1. The highest BCUT2D eigenvalue weighted by Gasteiger charge is 2.26. The largest absolute Gasteiger partial charge is 0.444 e. The number of nitrogens with one attached hydrogen (secondary N) is 1. The van der Waals surface area contributed by atoms with Crippen LogP contribution in [-0.2, 0) is 28.6 Å². The molecule has 0 saturated carbocycles. The van der Waals surface area contributed by atoms with Gasteiger partial charge >= 0.3 is 6.09 Å². The summed E-state index contributed by atoms with van der Waals surface area (Å²) in [7, 11) is -1.18. The zero-order valence-corrected chi connectivity index (χ0v) is 23.9. The summed E-state index contributed by atoms with van der Waals surface area (Å²) in [6.45, 7) is 10.5. The zero-order valence-electron chi connectivity index (χ0n) is 21.6. The minimum atomic E-state index is -1.18. The molecule has 1 aliphatic heterocycles. The highest BCUT2D eigenvalue weighted by atomic mass is 35.5. The summed E-state index contributed by atoms with van der Waals surface area (Å²) >= 11 is 12.6. The molecular formula is C26H34Cl2N4O4S. The second-order valence-electron chi connectivity index (χ2n) is 9.84. The summed E-state index contributed by atoms with van der Waals surface area (Å²) in [6, 6.07) is 8.39. The van der Waals surface area contributed by atoms with Crippen LogP contribution in [0.25, 0.3) is 0 Å². The molecule has 37 heavy (non-hydrogen) atoms. The SMILES string of the molecule is CCS(=O)c1ccc(Cl)cc1CNC(=O)c1cc(Cl)c(CN2CCN(C(=O)OC(C)(C)C)CC2)cc1N. The molecule has 0 aromatic heterocycles. The molecular weight excluding hydrogens is 535 g/mol. The minimum absolute atomic E-state index is 0.154. The Balaban J connectivity index is 1.62. The van der Waals surface area contributed by atoms with Crippen LogP contribution in [0, 0.1) is 0 Å². The maximum Gasteiger partial charge on any atom is 0.410 e. The fourth-order valence-corrected chi connectivity index (χ4v) is 5.32. The quantitative estimate of drug-likeness (QED) is 0.469. The molecule has 3 rings (SSSR count).